The normalized spacial score (nSPS) is 27.7. The minimum atomic E-state index is 0.164. The Hall–Kier alpha value is -1.57. The number of ether oxygens (including phenoxy) is 1. The molecule has 2 atom stereocenters. The van der Waals surface area contributed by atoms with E-state index in [0.717, 1.165) is 30.6 Å². The molecule has 2 nitrogen and oxygen atoms in total. The van der Waals surface area contributed by atoms with Crippen LogP contribution in [0.1, 0.15) is 44.1 Å². The van der Waals surface area contributed by atoms with Crippen molar-refractivity contribution in [3.05, 3.63) is 47.2 Å². The summed E-state index contributed by atoms with van der Waals surface area (Å²) in [6.45, 7) is 2.11. The summed E-state index contributed by atoms with van der Waals surface area (Å²) in [5, 5.41) is 0. The van der Waals surface area contributed by atoms with Gasteiger partial charge in [-0.3, -0.25) is 4.79 Å². The number of hydrogen-bond acceptors (Lipinski definition) is 2. The average Bonchev–Trinajstić information content (AvgIpc) is 2.39. The fourth-order valence-corrected chi connectivity index (χ4v) is 3.01. The highest BCUT2D eigenvalue weighted by atomic mass is 16.5. The first kappa shape index (κ1) is 11.5. The molecule has 0 N–H and O–H groups in total. The molecule has 0 amide bonds. The van der Waals surface area contributed by atoms with Gasteiger partial charge in [0.15, 0.2) is 5.78 Å². The smallest absolute Gasteiger partial charge is 0.162 e. The van der Waals surface area contributed by atoms with Gasteiger partial charge in [-0.2, -0.15) is 0 Å². The van der Waals surface area contributed by atoms with Gasteiger partial charge < -0.3 is 4.74 Å². The molecule has 18 heavy (non-hydrogen) atoms. The number of benzene rings is 1. The number of hydrogen-bond donors (Lipinski definition) is 0. The van der Waals surface area contributed by atoms with E-state index in [1.54, 1.807) is 0 Å². The summed E-state index contributed by atoms with van der Waals surface area (Å²) in [7, 11) is 0. The van der Waals surface area contributed by atoms with Crippen molar-refractivity contribution in [2.24, 2.45) is 0 Å². The molecule has 1 aromatic carbocycles. The summed E-state index contributed by atoms with van der Waals surface area (Å²) in [6.07, 6.45) is 3.59. The van der Waals surface area contributed by atoms with Gasteiger partial charge in [0.25, 0.3) is 0 Å². The Balaban J connectivity index is 1.92. The van der Waals surface area contributed by atoms with Crippen LogP contribution >= 0.6 is 0 Å². The number of carbonyl (C=O) groups is 1. The first-order valence-corrected chi connectivity index (χ1v) is 6.72. The number of allylic oxidation sites excluding steroid dienone is 2. The van der Waals surface area contributed by atoms with Crippen LogP contribution < -0.4 is 0 Å². The Kier molecular flexibility index (Phi) is 2.94. The van der Waals surface area contributed by atoms with Crippen molar-refractivity contribution in [1.29, 1.82) is 0 Å². The van der Waals surface area contributed by atoms with Crippen molar-refractivity contribution in [2.45, 2.75) is 44.6 Å². The second-order valence-corrected chi connectivity index (χ2v) is 5.22. The molecule has 2 aliphatic rings. The maximum Gasteiger partial charge on any atom is 0.162 e. The minimum absolute atomic E-state index is 0.164. The number of ketones is 1. The second kappa shape index (κ2) is 4.60. The van der Waals surface area contributed by atoms with Gasteiger partial charge in [-0.1, -0.05) is 30.3 Å². The van der Waals surface area contributed by atoms with E-state index in [9.17, 15) is 4.79 Å². The van der Waals surface area contributed by atoms with Crippen molar-refractivity contribution in [3.8, 4) is 0 Å². The Morgan fingerprint density at radius 1 is 1.17 bits per heavy atom. The molecule has 0 radical (unpaired) electrons. The predicted molar refractivity (Wildman–Crippen MR) is 70.2 cm³/mol. The fourth-order valence-electron chi connectivity index (χ4n) is 3.01. The van der Waals surface area contributed by atoms with Gasteiger partial charge in [0.05, 0.1) is 0 Å². The molecule has 0 bridgehead atoms. The lowest BCUT2D eigenvalue weighted by atomic mass is 9.81. The van der Waals surface area contributed by atoms with Crippen molar-refractivity contribution < 1.29 is 9.53 Å². The molecule has 2 heteroatoms. The van der Waals surface area contributed by atoms with E-state index in [4.69, 9.17) is 4.74 Å². The molecular weight excluding hydrogens is 224 g/mol. The third-order valence-electron chi connectivity index (χ3n) is 4.03. The molecular formula is C16H18O2. The monoisotopic (exact) mass is 242 g/mol. The lowest BCUT2D eigenvalue weighted by Gasteiger charge is -2.35. The molecule has 1 heterocycles. The first-order chi connectivity index (χ1) is 8.75. The van der Waals surface area contributed by atoms with E-state index in [1.807, 2.05) is 6.07 Å². The zero-order chi connectivity index (χ0) is 12.5. The molecule has 0 saturated carbocycles. The molecule has 0 spiro atoms. The topological polar surface area (TPSA) is 26.3 Å². The summed E-state index contributed by atoms with van der Waals surface area (Å²) in [5.74, 6) is 1.57. The largest absolute Gasteiger partial charge is 0.494 e. The zero-order valence-corrected chi connectivity index (χ0v) is 10.7. The van der Waals surface area contributed by atoms with Crippen LogP contribution in [0.5, 0.6) is 0 Å². The van der Waals surface area contributed by atoms with E-state index in [2.05, 4.69) is 31.2 Å². The third kappa shape index (κ3) is 1.96. The lowest BCUT2D eigenvalue weighted by Crippen LogP contribution is -2.29. The predicted octanol–water partition coefficient (Wildman–Crippen LogP) is 3.59. The highest BCUT2D eigenvalue weighted by molar-refractivity contribution is 5.96. The van der Waals surface area contributed by atoms with Gasteiger partial charge in [-0.25, -0.2) is 0 Å². The number of Topliss-reactive ketones (excluding diaryl/α,β-unsaturated/α-hetero) is 1. The van der Waals surface area contributed by atoms with Crippen molar-refractivity contribution >= 4 is 5.78 Å². The van der Waals surface area contributed by atoms with Crippen molar-refractivity contribution in [1.82, 2.24) is 0 Å². The summed E-state index contributed by atoms with van der Waals surface area (Å²) in [4.78, 5) is 12.0. The van der Waals surface area contributed by atoms with Crippen molar-refractivity contribution in [3.63, 3.8) is 0 Å². The van der Waals surface area contributed by atoms with E-state index in [1.165, 1.54) is 5.56 Å². The maximum absolute atomic E-state index is 12.0. The zero-order valence-electron chi connectivity index (χ0n) is 10.7. The maximum atomic E-state index is 12.0. The van der Waals surface area contributed by atoms with Gasteiger partial charge in [-0.15, -0.1) is 0 Å². The Morgan fingerprint density at radius 3 is 2.72 bits per heavy atom. The van der Waals surface area contributed by atoms with E-state index in [-0.39, 0.29) is 6.10 Å². The van der Waals surface area contributed by atoms with Crippen LogP contribution in [0.25, 0.3) is 0 Å². The average molecular weight is 242 g/mol. The van der Waals surface area contributed by atoms with Gasteiger partial charge in [0, 0.05) is 24.3 Å². The lowest BCUT2D eigenvalue weighted by molar-refractivity contribution is -0.117. The van der Waals surface area contributed by atoms with E-state index < -0.39 is 0 Å². The van der Waals surface area contributed by atoms with Crippen LogP contribution in [-0.4, -0.2) is 11.9 Å². The van der Waals surface area contributed by atoms with Gasteiger partial charge in [-0.05, 0) is 25.3 Å². The van der Waals surface area contributed by atoms with Gasteiger partial charge in [0.1, 0.15) is 11.9 Å². The highest BCUT2D eigenvalue weighted by Crippen LogP contribution is 2.40. The molecule has 1 aliphatic carbocycles. The van der Waals surface area contributed by atoms with Crippen LogP contribution in [-0.2, 0) is 9.53 Å². The molecule has 0 saturated heterocycles. The Bertz CT molecular complexity index is 487. The van der Waals surface area contributed by atoms with Gasteiger partial charge in [0.2, 0.25) is 0 Å². The molecule has 94 valence electrons. The second-order valence-electron chi connectivity index (χ2n) is 5.22. The fraction of sp³-hybridized carbons (Fsp3) is 0.438. The Morgan fingerprint density at radius 2 is 1.94 bits per heavy atom. The summed E-state index contributed by atoms with van der Waals surface area (Å²) in [5.41, 5.74) is 2.23. The highest BCUT2D eigenvalue weighted by Gasteiger charge is 2.34. The SMILES string of the molecule is C[C@@H]1OC2=C(C[C@H]1c1ccccc1)C(=O)CCC2. The number of carbonyl (C=O) groups excluding carboxylic acids is 1. The minimum Gasteiger partial charge on any atom is -0.494 e. The van der Waals surface area contributed by atoms with Crippen LogP contribution in [0.3, 0.4) is 0 Å². The number of rotatable bonds is 1. The molecule has 1 aromatic rings. The Labute approximate surface area is 108 Å². The molecule has 0 fully saturated rings. The quantitative estimate of drug-likeness (QED) is 0.752. The van der Waals surface area contributed by atoms with Crippen molar-refractivity contribution in [2.75, 3.05) is 0 Å². The summed E-state index contributed by atoms with van der Waals surface area (Å²) >= 11 is 0. The summed E-state index contributed by atoms with van der Waals surface area (Å²) in [6, 6.07) is 10.4. The first-order valence-electron chi connectivity index (χ1n) is 6.72. The molecule has 0 aromatic heterocycles. The molecule has 3 rings (SSSR count). The van der Waals surface area contributed by atoms with Crippen LogP contribution in [0.4, 0.5) is 0 Å². The molecule has 1 aliphatic heterocycles. The van der Waals surface area contributed by atoms with Gasteiger partial charge >= 0.3 is 0 Å². The summed E-state index contributed by atoms with van der Waals surface area (Å²) < 4.78 is 5.99. The van der Waals surface area contributed by atoms with Crippen LogP contribution in [0, 0.1) is 0 Å². The van der Waals surface area contributed by atoms with Crippen LogP contribution in [0.15, 0.2) is 41.7 Å². The van der Waals surface area contributed by atoms with Crippen LogP contribution in [0.2, 0.25) is 0 Å². The van der Waals surface area contributed by atoms with E-state index in [0.29, 0.717) is 18.1 Å². The third-order valence-corrected chi connectivity index (χ3v) is 4.03. The van der Waals surface area contributed by atoms with E-state index >= 15 is 0 Å². The standard InChI is InChI=1S/C16H18O2/c1-11-13(12-6-3-2-4-7-12)10-14-15(17)8-5-9-16(14)18-11/h2-4,6-7,11,13H,5,8-10H2,1H3/t11-,13+/m0/s1. The molecule has 0 unspecified atom stereocenters.